The van der Waals surface area contributed by atoms with Gasteiger partial charge in [-0.05, 0) is 49.1 Å². The van der Waals surface area contributed by atoms with Crippen molar-refractivity contribution >= 4 is 17.3 Å². The molecule has 1 N–H and O–H groups in total. The lowest BCUT2D eigenvalue weighted by molar-refractivity contribution is -0.0394. The van der Waals surface area contributed by atoms with Crippen LogP contribution in [0.5, 0.6) is 0 Å². The van der Waals surface area contributed by atoms with Gasteiger partial charge in [-0.3, -0.25) is 4.98 Å². The van der Waals surface area contributed by atoms with Crippen LogP contribution in [0.15, 0.2) is 55.0 Å². The highest BCUT2D eigenvalue weighted by Gasteiger charge is 2.17. The smallest absolute Gasteiger partial charge is 0.150 e. The van der Waals surface area contributed by atoms with Gasteiger partial charge in [0.2, 0.25) is 0 Å². The SMILES string of the molecule is Clc1cccc(CNc2ccc(-c3cnn(C4CCCCO4)c3)nc2)c1. The number of nitrogens with one attached hydrogen (secondary N) is 1. The number of halogens is 1. The van der Waals surface area contributed by atoms with Crippen molar-refractivity contribution in [2.45, 2.75) is 32.0 Å². The van der Waals surface area contributed by atoms with Crippen LogP contribution in [0, 0.1) is 0 Å². The summed E-state index contributed by atoms with van der Waals surface area (Å²) in [5.41, 5.74) is 4.01. The molecule has 3 aromatic rings. The maximum atomic E-state index is 6.02. The van der Waals surface area contributed by atoms with E-state index in [4.69, 9.17) is 16.3 Å². The zero-order valence-electron chi connectivity index (χ0n) is 14.4. The van der Waals surface area contributed by atoms with Crippen molar-refractivity contribution in [2.75, 3.05) is 11.9 Å². The van der Waals surface area contributed by atoms with Crippen molar-refractivity contribution in [1.82, 2.24) is 14.8 Å². The standard InChI is InChI=1S/C20H21ClN4O/c21-17-5-3-4-15(10-17)11-22-18-7-8-19(23-13-18)16-12-24-25(14-16)20-6-1-2-9-26-20/h3-5,7-8,10,12-14,20,22H,1-2,6,9,11H2. The van der Waals surface area contributed by atoms with Crippen LogP contribution in [0.4, 0.5) is 5.69 Å². The molecule has 1 atom stereocenters. The van der Waals surface area contributed by atoms with E-state index < -0.39 is 0 Å². The molecule has 2 aromatic heterocycles. The molecule has 1 unspecified atom stereocenters. The Balaban J connectivity index is 1.40. The molecule has 5 nitrogen and oxygen atoms in total. The third-order valence-corrected chi connectivity index (χ3v) is 4.73. The fourth-order valence-electron chi connectivity index (χ4n) is 3.08. The predicted octanol–water partition coefficient (Wildman–Crippen LogP) is 4.91. The highest BCUT2D eigenvalue weighted by atomic mass is 35.5. The molecule has 1 aromatic carbocycles. The molecule has 1 aliphatic rings. The molecule has 0 bridgehead atoms. The minimum Gasteiger partial charge on any atom is -0.380 e. The summed E-state index contributed by atoms with van der Waals surface area (Å²) in [5, 5.41) is 8.56. The molecule has 3 heterocycles. The Morgan fingerprint density at radius 1 is 1.19 bits per heavy atom. The molecular weight excluding hydrogens is 348 g/mol. The normalized spacial score (nSPS) is 17.2. The second-order valence-electron chi connectivity index (χ2n) is 6.45. The molecule has 1 fully saturated rings. The van der Waals surface area contributed by atoms with Gasteiger partial charge < -0.3 is 10.1 Å². The van der Waals surface area contributed by atoms with Crippen molar-refractivity contribution in [2.24, 2.45) is 0 Å². The van der Waals surface area contributed by atoms with E-state index >= 15 is 0 Å². The number of rotatable bonds is 5. The summed E-state index contributed by atoms with van der Waals surface area (Å²) >= 11 is 6.02. The minimum atomic E-state index is 0.0520. The van der Waals surface area contributed by atoms with E-state index in [-0.39, 0.29) is 6.23 Å². The Labute approximate surface area is 158 Å². The molecule has 0 aliphatic carbocycles. The number of aromatic nitrogens is 3. The number of benzene rings is 1. The summed E-state index contributed by atoms with van der Waals surface area (Å²) in [6.45, 7) is 1.52. The van der Waals surface area contributed by atoms with Crippen LogP contribution in [-0.4, -0.2) is 21.4 Å². The van der Waals surface area contributed by atoms with Crippen LogP contribution >= 0.6 is 11.6 Å². The summed E-state index contributed by atoms with van der Waals surface area (Å²) in [6.07, 6.45) is 9.09. The average Bonchev–Trinajstić information content (AvgIpc) is 3.18. The van der Waals surface area contributed by atoms with E-state index in [1.165, 1.54) is 6.42 Å². The number of nitrogens with zero attached hydrogens (tertiary/aromatic N) is 3. The first kappa shape index (κ1) is 17.1. The second-order valence-corrected chi connectivity index (χ2v) is 6.88. The van der Waals surface area contributed by atoms with Crippen LogP contribution in [0.25, 0.3) is 11.3 Å². The number of hydrogen-bond donors (Lipinski definition) is 1. The molecule has 4 rings (SSSR count). The topological polar surface area (TPSA) is 52.0 Å². The molecular formula is C20H21ClN4O. The largest absolute Gasteiger partial charge is 0.380 e. The number of hydrogen-bond acceptors (Lipinski definition) is 4. The number of ether oxygens (including phenoxy) is 1. The Morgan fingerprint density at radius 3 is 2.92 bits per heavy atom. The lowest BCUT2D eigenvalue weighted by Crippen LogP contribution is -2.18. The summed E-state index contributed by atoms with van der Waals surface area (Å²) in [6, 6.07) is 11.9. The van der Waals surface area contributed by atoms with E-state index in [1.54, 1.807) is 0 Å². The van der Waals surface area contributed by atoms with Crippen LogP contribution in [0.2, 0.25) is 5.02 Å². The second kappa shape index (κ2) is 7.89. The molecule has 0 saturated carbocycles. The predicted molar refractivity (Wildman–Crippen MR) is 103 cm³/mol. The van der Waals surface area contributed by atoms with Gasteiger partial charge in [0.05, 0.1) is 23.8 Å². The van der Waals surface area contributed by atoms with Gasteiger partial charge in [-0.25, -0.2) is 4.68 Å². The highest BCUT2D eigenvalue weighted by molar-refractivity contribution is 6.30. The van der Waals surface area contributed by atoms with Gasteiger partial charge in [0.1, 0.15) is 6.23 Å². The van der Waals surface area contributed by atoms with Gasteiger partial charge in [-0.2, -0.15) is 5.10 Å². The molecule has 0 spiro atoms. The molecule has 6 heteroatoms. The van der Waals surface area contributed by atoms with Gasteiger partial charge in [0.15, 0.2) is 0 Å². The monoisotopic (exact) mass is 368 g/mol. The number of pyridine rings is 1. The lowest BCUT2D eigenvalue weighted by Gasteiger charge is -2.22. The molecule has 1 aliphatic heterocycles. The van der Waals surface area contributed by atoms with E-state index in [2.05, 4.69) is 15.4 Å². The first-order valence-corrected chi connectivity index (χ1v) is 9.26. The average molecular weight is 369 g/mol. The quantitative estimate of drug-likeness (QED) is 0.695. The van der Waals surface area contributed by atoms with Gasteiger partial charge in [0.25, 0.3) is 0 Å². The molecule has 26 heavy (non-hydrogen) atoms. The molecule has 0 radical (unpaired) electrons. The molecule has 134 valence electrons. The van der Waals surface area contributed by atoms with Crippen molar-refractivity contribution in [3.05, 3.63) is 65.6 Å². The van der Waals surface area contributed by atoms with Crippen molar-refractivity contribution in [3.63, 3.8) is 0 Å². The van der Waals surface area contributed by atoms with Gasteiger partial charge in [-0.15, -0.1) is 0 Å². The van der Waals surface area contributed by atoms with Crippen LogP contribution in [-0.2, 0) is 11.3 Å². The Morgan fingerprint density at radius 2 is 2.15 bits per heavy atom. The van der Waals surface area contributed by atoms with Crippen molar-refractivity contribution in [3.8, 4) is 11.3 Å². The number of anilines is 1. The third-order valence-electron chi connectivity index (χ3n) is 4.50. The molecule has 1 saturated heterocycles. The summed E-state index contributed by atoms with van der Waals surface area (Å²) in [5.74, 6) is 0. The summed E-state index contributed by atoms with van der Waals surface area (Å²) < 4.78 is 7.68. The maximum absolute atomic E-state index is 6.02. The lowest BCUT2D eigenvalue weighted by atomic mass is 10.2. The third kappa shape index (κ3) is 4.06. The van der Waals surface area contributed by atoms with E-state index in [1.807, 2.05) is 59.7 Å². The van der Waals surface area contributed by atoms with Crippen molar-refractivity contribution < 1.29 is 4.74 Å². The van der Waals surface area contributed by atoms with Gasteiger partial charge in [-0.1, -0.05) is 23.7 Å². The highest BCUT2D eigenvalue weighted by Crippen LogP contribution is 2.25. The minimum absolute atomic E-state index is 0.0520. The fraction of sp³-hybridized carbons (Fsp3) is 0.300. The summed E-state index contributed by atoms with van der Waals surface area (Å²) in [4.78, 5) is 4.55. The Hall–Kier alpha value is -2.37. The van der Waals surface area contributed by atoms with Gasteiger partial charge in [0, 0.05) is 29.9 Å². The Bertz CT molecular complexity index is 856. The Kier molecular flexibility index (Phi) is 5.18. The van der Waals surface area contributed by atoms with Crippen LogP contribution in [0.3, 0.4) is 0 Å². The maximum Gasteiger partial charge on any atom is 0.150 e. The van der Waals surface area contributed by atoms with Crippen LogP contribution < -0.4 is 5.32 Å². The van der Waals surface area contributed by atoms with Gasteiger partial charge >= 0.3 is 0 Å². The van der Waals surface area contributed by atoms with E-state index in [9.17, 15) is 0 Å². The first-order chi connectivity index (χ1) is 12.8. The zero-order chi connectivity index (χ0) is 17.8. The molecule has 0 amide bonds. The summed E-state index contributed by atoms with van der Waals surface area (Å²) in [7, 11) is 0. The van der Waals surface area contributed by atoms with E-state index in [0.717, 1.165) is 47.0 Å². The fourth-order valence-corrected chi connectivity index (χ4v) is 3.29. The first-order valence-electron chi connectivity index (χ1n) is 8.88. The van der Waals surface area contributed by atoms with Crippen molar-refractivity contribution in [1.29, 1.82) is 0 Å². The van der Waals surface area contributed by atoms with Crippen LogP contribution in [0.1, 0.15) is 31.1 Å². The zero-order valence-corrected chi connectivity index (χ0v) is 15.2. The van der Waals surface area contributed by atoms with E-state index in [0.29, 0.717) is 6.54 Å².